The van der Waals surface area contributed by atoms with Crippen molar-refractivity contribution in [2.45, 2.75) is 19.3 Å². The predicted molar refractivity (Wildman–Crippen MR) is 87.1 cm³/mol. The molecule has 1 N–H and O–H groups in total. The van der Waals surface area contributed by atoms with Crippen LogP contribution in [0.25, 0.3) is 11.3 Å². The van der Waals surface area contributed by atoms with Gasteiger partial charge in [-0.3, -0.25) is 9.59 Å². The number of aliphatic carboxylic acids is 1. The molecule has 1 aliphatic rings. The molecule has 0 unspecified atom stereocenters. The third-order valence-electron chi connectivity index (χ3n) is 4.35. The lowest BCUT2D eigenvalue weighted by molar-refractivity contribution is -0.141. The van der Waals surface area contributed by atoms with Gasteiger partial charge in [-0.1, -0.05) is 35.5 Å². The first-order valence-corrected chi connectivity index (χ1v) is 8.05. The van der Waals surface area contributed by atoms with Crippen LogP contribution in [0.3, 0.4) is 0 Å². The highest BCUT2D eigenvalue weighted by molar-refractivity contribution is 5.89. The van der Waals surface area contributed by atoms with Crippen molar-refractivity contribution in [2.75, 3.05) is 13.6 Å². The molecule has 1 heterocycles. The third-order valence-corrected chi connectivity index (χ3v) is 4.35. The van der Waals surface area contributed by atoms with Gasteiger partial charge in [0.25, 0.3) is 0 Å². The number of hydrogen-bond acceptors (Lipinski definition) is 4. The summed E-state index contributed by atoms with van der Waals surface area (Å²) in [6.45, 7) is 0.572. The summed E-state index contributed by atoms with van der Waals surface area (Å²) in [7, 11) is 1.72. The number of benzene rings is 1. The molecule has 3 rings (SSSR count). The molecular formula is C18H20N2O4. The van der Waals surface area contributed by atoms with E-state index < -0.39 is 11.9 Å². The fourth-order valence-corrected chi connectivity index (χ4v) is 2.80. The molecule has 1 aromatic carbocycles. The Morgan fingerprint density at radius 1 is 1.29 bits per heavy atom. The molecule has 0 saturated heterocycles. The number of carboxylic acids is 1. The van der Waals surface area contributed by atoms with Crippen LogP contribution < -0.4 is 0 Å². The molecule has 1 amide bonds. The maximum absolute atomic E-state index is 12.1. The van der Waals surface area contributed by atoms with Gasteiger partial charge in [0.15, 0.2) is 0 Å². The Morgan fingerprint density at radius 3 is 2.71 bits per heavy atom. The first kappa shape index (κ1) is 16.2. The molecule has 1 aromatic heterocycles. The third kappa shape index (κ3) is 3.64. The summed E-state index contributed by atoms with van der Waals surface area (Å²) >= 11 is 0. The average molecular weight is 328 g/mol. The van der Waals surface area contributed by atoms with Crippen LogP contribution in [0.2, 0.25) is 0 Å². The maximum Gasteiger partial charge on any atom is 0.307 e. The predicted octanol–water partition coefficient (Wildman–Crippen LogP) is 2.45. The fraction of sp³-hybridized carbons (Fsp3) is 0.389. The van der Waals surface area contributed by atoms with E-state index >= 15 is 0 Å². The molecule has 1 fully saturated rings. The smallest absolute Gasteiger partial charge is 0.307 e. The van der Waals surface area contributed by atoms with Crippen molar-refractivity contribution in [1.29, 1.82) is 0 Å². The van der Waals surface area contributed by atoms with E-state index in [-0.39, 0.29) is 11.8 Å². The molecule has 6 heteroatoms. The lowest BCUT2D eigenvalue weighted by Gasteiger charge is -2.16. The van der Waals surface area contributed by atoms with Gasteiger partial charge in [-0.15, -0.1) is 0 Å². The van der Waals surface area contributed by atoms with E-state index in [1.807, 2.05) is 36.4 Å². The molecule has 1 saturated carbocycles. The minimum Gasteiger partial charge on any atom is -0.481 e. The molecule has 126 valence electrons. The zero-order chi connectivity index (χ0) is 17.1. The minimum absolute atomic E-state index is 0.0788. The number of carbonyl (C=O) groups is 2. The second-order valence-corrected chi connectivity index (χ2v) is 6.19. The molecular weight excluding hydrogens is 308 g/mol. The standard InChI is InChI=1S/C18H20N2O4/c1-20(17(21)14-11-15(14)18(22)23)9-5-8-13-10-16(19-24-13)12-6-3-2-4-7-12/h2-4,6-7,10,14-15H,5,8-9,11H2,1H3,(H,22,23)/t14-,15-/m0/s1. The largest absolute Gasteiger partial charge is 0.481 e. The molecule has 0 aliphatic heterocycles. The Balaban J connectivity index is 1.46. The Morgan fingerprint density at radius 2 is 2.04 bits per heavy atom. The van der Waals surface area contributed by atoms with Crippen LogP contribution in [0.15, 0.2) is 40.9 Å². The average Bonchev–Trinajstić information content (AvgIpc) is 3.26. The van der Waals surface area contributed by atoms with Crippen molar-refractivity contribution in [2.24, 2.45) is 11.8 Å². The summed E-state index contributed by atoms with van der Waals surface area (Å²) < 4.78 is 5.34. The quantitative estimate of drug-likeness (QED) is 0.844. The lowest BCUT2D eigenvalue weighted by atomic mass is 10.1. The summed E-state index contributed by atoms with van der Waals surface area (Å²) in [5.74, 6) is -1.02. The van der Waals surface area contributed by atoms with Crippen LogP contribution in [0.1, 0.15) is 18.6 Å². The van der Waals surface area contributed by atoms with Gasteiger partial charge in [-0.05, 0) is 12.8 Å². The lowest BCUT2D eigenvalue weighted by Crippen LogP contribution is -2.30. The molecule has 0 radical (unpaired) electrons. The van der Waals surface area contributed by atoms with E-state index in [1.54, 1.807) is 11.9 Å². The van der Waals surface area contributed by atoms with Crippen LogP contribution in [-0.2, 0) is 16.0 Å². The topological polar surface area (TPSA) is 83.6 Å². The highest BCUT2D eigenvalue weighted by atomic mass is 16.5. The van der Waals surface area contributed by atoms with Crippen molar-refractivity contribution >= 4 is 11.9 Å². The monoisotopic (exact) mass is 328 g/mol. The van der Waals surface area contributed by atoms with Gasteiger partial charge in [-0.2, -0.15) is 0 Å². The normalized spacial score (nSPS) is 19.0. The van der Waals surface area contributed by atoms with E-state index in [2.05, 4.69) is 5.16 Å². The van der Waals surface area contributed by atoms with Crippen molar-refractivity contribution < 1.29 is 19.2 Å². The Hall–Kier alpha value is -2.63. The van der Waals surface area contributed by atoms with Gasteiger partial charge in [0.1, 0.15) is 11.5 Å². The van der Waals surface area contributed by atoms with Gasteiger partial charge in [-0.25, -0.2) is 0 Å². The summed E-state index contributed by atoms with van der Waals surface area (Å²) in [5, 5.41) is 13.0. The van der Waals surface area contributed by atoms with E-state index in [0.29, 0.717) is 19.4 Å². The molecule has 0 bridgehead atoms. The van der Waals surface area contributed by atoms with Crippen molar-refractivity contribution in [3.8, 4) is 11.3 Å². The summed E-state index contributed by atoms with van der Waals surface area (Å²) in [6.07, 6.45) is 1.89. The van der Waals surface area contributed by atoms with Gasteiger partial charge < -0.3 is 14.5 Å². The zero-order valence-electron chi connectivity index (χ0n) is 13.5. The van der Waals surface area contributed by atoms with Crippen molar-refractivity contribution in [3.63, 3.8) is 0 Å². The van der Waals surface area contributed by atoms with E-state index in [1.165, 1.54) is 0 Å². The molecule has 24 heavy (non-hydrogen) atoms. The Kier molecular flexibility index (Phi) is 4.64. The van der Waals surface area contributed by atoms with Crippen molar-refractivity contribution in [3.05, 3.63) is 42.2 Å². The second kappa shape index (κ2) is 6.86. The van der Waals surface area contributed by atoms with Crippen LogP contribution in [0, 0.1) is 11.8 Å². The first-order chi connectivity index (χ1) is 11.6. The van der Waals surface area contributed by atoms with E-state index in [9.17, 15) is 9.59 Å². The molecule has 2 aromatic rings. The van der Waals surface area contributed by atoms with Gasteiger partial charge in [0.2, 0.25) is 5.91 Å². The first-order valence-electron chi connectivity index (χ1n) is 8.05. The number of carboxylic acid groups (broad SMARTS) is 1. The summed E-state index contributed by atoms with van der Waals surface area (Å²) in [4.78, 5) is 24.5. The zero-order valence-corrected chi connectivity index (χ0v) is 13.5. The summed E-state index contributed by atoms with van der Waals surface area (Å²) in [6, 6.07) is 11.7. The number of carbonyl (C=O) groups excluding carboxylic acids is 1. The van der Waals surface area contributed by atoms with Crippen LogP contribution >= 0.6 is 0 Å². The van der Waals surface area contributed by atoms with Crippen LogP contribution in [0.5, 0.6) is 0 Å². The fourth-order valence-electron chi connectivity index (χ4n) is 2.80. The van der Waals surface area contributed by atoms with Crippen LogP contribution in [-0.4, -0.2) is 40.6 Å². The molecule has 2 atom stereocenters. The Bertz CT molecular complexity index is 726. The van der Waals surface area contributed by atoms with Gasteiger partial charge in [0, 0.05) is 31.6 Å². The summed E-state index contributed by atoms with van der Waals surface area (Å²) in [5.41, 5.74) is 1.81. The Labute approximate surface area is 140 Å². The van der Waals surface area contributed by atoms with Gasteiger partial charge >= 0.3 is 5.97 Å². The second-order valence-electron chi connectivity index (χ2n) is 6.19. The van der Waals surface area contributed by atoms with Crippen LogP contribution in [0.4, 0.5) is 0 Å². The maximum atomic E-state index is 12.1. The highest BCUT2D eigenvalue weighted by Gasteiger charge is 2.49. The number of aromatic nitrogens is 1. The minimum atomic E-state index is -0.878. The number of rotatable bonds is 7. The van der Waals surface area contributed by atoms with Crippen molar-refractivity contribution in [1.82, 2.24) is 10.1 Å². The number of hydrogen-bond donors (Lipinski definition) is 1. The van der Waals surface area contributed by atoms with E-state index in [4.69, 9.17) is 9.63 Å². The highest BCUT2D eigenvalue weighted by Crippen LogP contribution is 2.39. The molecule has 1 aliphatic carbocycles. The van der Waals surface area contributed by atoms with E-state index in [0.717, 1.165) is 23.4 Å². The number of nitrogens with zero attached hydrogens (tertiary/aromatic N) is 2. The molecule has 6 nitrogen and oxygen atoms in total. The number of amides is 1. The van der Waals surface area contributed by atoms with Gasteiger partial charge in [0.05, 0.1) is 11.8 Å². The SMILES string of the molecule is CN(CCCc1cc(-c2ccccc2)no1)C(=O)[C@H]1C[C@@H]1C(=O)O. The number of aryl methyl sites for hydroxylation is 1. The molecule has 0 spiro atoms.